The van der Waals surface area contributed by atoms with Gasteiger partial charge in [-0.1, -0.05) is 29.3 Å². The van der Waals surface area contributed by atoms with Crippen LogP contribution in [0.5, 0.6) is 5.75 Å². The van der Waals surface area contributed by atoms with E-state index in [9.17, 15) is 9.18 Å². The second-order valence-electron chi connectivity index (χ2n) is 6.17. The molecule has 2 amide bonds. The molecular formula is C19H19Cl2FN2O2. The zero-order valence-electron chi connectivity index (χ0n) is 14.1. The Bertz CT molecular complexity index is 763. The molecule has 7 heteroatoms. The molecular weight excluding hydrogens is 378 g/mol. The van der Waals surface area contributed by atoms with E-state index in [1.807, 2.05) is 6.07 Å². The predicted octanol–water partition coefficient (Wildman–Crippen LogP) is 4.89. The molecule has 26 heavy (non-hydrogen) atoms. The maximum Gasteiger partial charge on any atom is 0.317 e. The number of nitrogens with one attached hydrogen (secondary N) is 1. The van der Waals surface area contributed by atoms with Gasteiger partial charge in [-0.05, 0) is 42.0 Å². The molecule has 2 aromatic rings. The van der Waals surface area contributed by atoms with Crippen molar-refractivity contribution in [3.05, 3.63) is 63.9 Å². The van der Waals surface area contributed by atoms with E-state index in [2.05, 4.69) is 5.32 Å². The van der Waals surface area contributed by atoms with Gasteiger partial charge in [-0.2, -0.15) is 0 Å². The third kappa shape index (κ3) is 5.02. The first-order valence-corrected chi connectivity index (χ1v) is 9.16. The molecule has 1 aliphatic heterocycles. The highest BCUT2D eigenvalue weighted by atomic mass is 35.5. The van der Waals surface area contributed by atoms with Crippen LogP contribution in [0.3, 0.4) is 0 Å². The highest BCUT2D eigenvalue weighted by Gasteiger charge is 2.23. The maximum absolute atomic E-state index is 12.9. The molecule has 0 spiro atoms. The van der Waals surface area contributed by atoms with Crippen molar-refractivity contribution in [2.45, 2.75) is 25.5 Å². The van der Waals surface area contributed by atoms with Crippen LogP contribution in [0, 0.1) is 5.82 Å². The van der Waals surface area contributed by atoms with Crippen molar-refractivity contribution in [2.24, 2.45) is 0 Å². The molecule has 1 heterocycles. The van der Waals surface area contributed by atoms with Gasteiger partial charge in [0, 0.05) is 32.5 Å². The second kappa shape index (κ2) is 8.60. The number of nitrogens with zero attached hydrogens (tertiary/aromatic N) is 1. The minimum atomic E-state index is -0.286. The van der Waals surface area contributed by atoms with Gasteiger partial charge in [0.05, 0.1) is 10.0 Å². The number of ether oxygens (including phenoxy) is 1. The fraction of sp³-hybridized carbons (Fsp3) is 0.316. The van der Waals surface area contributed by atoms with Gasteiger partial charge < -0.3 is 15.0 Å². The number of hydrogen-bond donors (Lipinski definition) is 1. The Morgan fingerprint density at radius 1 is 1.12 bits per heavy atom. The van der Waals surface area contributed by atoms with E-state index in [0.29, 0.717) is 35.4 Å². The summed E-state index contributed by atoms with van der Waals surface area (Å²) in [5.41, 5.74) is 0.891. The summed E-state index contributed by atoms with van der Waals surface area (Å²) in [6, 6.07) is 11.2. The maximum atomic E-state index is 12.9. The summed E-state index contributed by atoms with van der Waals surface area (Å²) in [5, 5.41) is 3.85. The minimum Gasteiger partial charge on any atom is -0.490 e. The van der Waals surface area contributed by atoms with E-state index in [1.165, 1.54) is 12.1 Å². The normalized spacial score (nSPS) is 15.0. The van der Waals surface area contributed by atoms with Crippen LogP contribution in [0.15, 0.2) is 42.5 Å². The van der Waals surface area contributed by atoms with Gasteiger partial charge in [-0.3, -0.25) is 0 Å². The van der Waals surface area contributed by atoms with Crippen molar-refractivity contribution < 1.29 is 13.9 Å². The smallest absolute Gasteiger partial charge is 0.317 e. The fourth-order valence-corrected chi connectivity index (χ4v) is 3.14. The molecule has 0 radical (unpaired) electrons. The van der Waals surface area contributed by atoms with Crippen LogP contribution in [-0.2, 0) is 6.54 Å². The zero-order valence-corrected chi connectivity index (χ0v) is 15.6. The Morgan fingerprint density at radius 3 is 2.46 bits per heavy atom. The molecule has 0 atom stereocenters. The molecule has 1 aliphatic rings. The van der Waals surface area contributed by atoms with E-state index in [4.69, 9.17) is 27.9 Å². The molecule has 0 saturated carbocycles. The van der Waals surface area contributed by atoms with E-state index < -0.39 is 0 Å². The molecule has 3 rings (SSSR count). The van der Waals surface area contributed by atoms with Gasteiger partial charge in [0.2, 0.25) is 0 Å². The summed E-state index contributed by atoms with van der Waals surface area (Å²) in [7, 11) is 0. The average Bonchev–Trinajstić information content (AvgIpc) is 2.65. The quantitative estimate of drug-likeness (QED) is 0.799. The van der Waals surface area contributed by atoms with Crippen molar-refractivity contribution in [1.29, 1.82) is 0 Å². The van der Waals surface area contributed by atoms with Gasteiger partial charge in [-0.25, -0.2) is 9.18 Å². The van der Waals surface area contributed by atoms with E-state index >= 15 is 0 Å². The Balaban J connectivity index is 1.44. The average molecular weight is 397 g/mol. The molecule has 4 nitrogen and oxygen atoms in total. The molecule has 0 bridgehead atoms. The van der Waals surface area contributed by atoms with Crippen LogP contribution in [-0.4, -0.2) is 30.1 Å². The standard InChI is InChI=1S/C19H19Cl2FN2O2/c20-17-6-1-13(11-18(17)21)12-23-19(25)24-9-7-16(8-10-24)26-15-4-2-14(22)3-5-15/h1-6,11,16H,7-10,12H2,(H,23,25). The van der Waals surface area contributed by atoms with Crippen LogP contribution in [0.2, 0.25) is 10.0 Å². The van der Waals surface area contributed by atoms with Crippen LogP contribution in [0.25, 0.3) is 0 Å². The van der Waals surface area contributed by atoms with E-state index in [-0.39, 0.29) is 18.0 Å². The molecule has 1 saturated heterocycles. The molecule has 2 aromatic carbocycles. The predicted molar refractivity (Wildman–Crippen MR) is 100 cm³/mol. The summed E-state index contributed by atoms with van der Waals surface area (Å²) in [4.78, 5) is 14.1. The lowest BCUT2D eigenvalue weighted by molar-refractivity contribution is 0.111. The SMILES string of the molecule is O=C(NCc1ccc(Cl)c(Cl)c1)N1CCC(Oc2ccc(F)cc2)CC1. The number of amides is 2. The van der Waals surface area contributed by atoms with Crippen LogP contribution in [0.1, 0.15) is 18.4 Å². The highest BCUT2D eigenvalue weighted by molar-refractivity contribution is 6.42. The number of benzene rings is 2. The highest BCUT2D eigenvalue weighted by Crippen LogP contribution is 2.23. The van der Waals surface area contributed by atoms with Crippen molar-refractivity contribution >= 4 is 29.2 Å². The number of rotatable bonds is 4. The lowest BCUT2D eigenvalue weighted by atomic mass is 10.1. The molecule has 1 fully saturated rings. The number of urea groups is 1. The first kappa shape index (κ1) is 18.8. The van der Waals surface area contributed by atoms with Crippen molar-refractivity contribution in [1.82, 2.24) is 10.2 Å². The zero-order chi connectivity index (χ0) is 18.5. The monoisotopic (exact) mass is 396 g/mol. The van der Waals surface area contributed by atoms with Gasteiger partial charge in [0.15, 0.2) is 0 Å². The van der Waals surface area contributed by atoms with Crippen molar-refractivity contribution in [3.8, 4) is 5.75 Å². The van der Waals surface area contributed by atoms with Gasteiger partial charge in [-0.15, -0.1) is 0 Å². The summed E-state index contributed by atoms with van der Waals surface area (Å²) >= 11 is 11.9. The van der Waals surface area contributed by atoms with Crippen LogP contribution < -0.4 is 10.1 Å². The third-order valence-electron chi connectivity index (χ3n) is 4.27. The molecule has 0 aromatic heterocycles. The Morgan fingerprint density at radius 2 is 1.81 bits per heavy atom. The number of halogens is 3. The summed E-state index contributed by atoms with van der Waals surface area (Å²) in [6.45, 7) is 1.61. The molecule has 1 N–H and O–H groups in total. The van der Waals surface area contributed by atoms with Crippen molar-refractivity contribution in [3.63, 3.8) is 0 Å². The number of piperidine rings is 1. The van der Waals surface area contributed by atoms with Crippen molar-refractivity contribution in [2.75, 3.05) is 13.1 Å². The Labute approximate surface area is 161 Å². The van der Waals surface area contributed by atoms with E-state index in [0.717, 1.165) is 18.4 Å². The topological polar surface area (TPSA) is 41.6 Å². The third-order valence-corrected chi connectivity index (χ3v) is 5.01. The van der Waals surface area contributed by atoms with E-state index in [1.54, 1.807) is 29.2 Å². The minimum absolute atomic E-state index is 0.0274. The summed E-state index contributed by atoms with van der Waals surface area (Å²) in [6.07, 6.45) is 1.49. The summed E-state index contributed by atoms with van der Waals surface area (Å²) < 4.78 is 18.8. The largest absolute Gasteiger partial charge is 0.490 e. The molecule has 138 valence electrons. The van der Waals surface area contributed by atoms with Gasteiger partial charge >= 0.3 is 6.03 Å². The van der Waals surface area contributed by atoms with Gasteiger partial charge in [0.25, 0.3) is 0 Å². The Kier molecular flexibility index (Phi) is 6.22. The number of carbonyl (C=O) groups excluding carboxylic acids is 1. The second-order valence-corrected chi connectivity index (χ2v) is 6.98. The number of likely N-dealkylation sites (tertiary alicyclic amines) is 1. The fourth-order valence-electron chi connectivity index (χ4n) is 2.82. The first-order valence-electron chi connectivity index (χ1n) is 8.40. The number of carbonyl (C=O) groups is 1. The lowest BCUT2D eigenvalue weighted by Crippen LogP contribution is -2.46. The van der Waals surface area contributed by atoms with Crippen LogP contribution >= 0.6 is 23.2 Å². The van der Waals surface area contributed by atoms with Gasteiger partial charge in [0.1, 0.15) is 17.7 Å². The van der Waals surface area contributed by atoms with Crippen LogP contribution in [0.4, 0.5) is 9.18 Å². The summed E-state index contributed by atoms with van der Waals surface area (Å²) in [5.74, 6) is 0.361. The first-order chi connectivity index (χ1) is 12.5. The lowest BCUT2D eigenvalue weighted by Gasteiger charge is -2.32. The number of hydrogen-bond acceptors (Lipinski definition) is 2. The Hall–Kier alpha value is -1.98. The molecule has 0 unspecified atom stereocenters. The molecule has 0 aliphatic carbocycles.